The van der Waals surface area contributed by atoms with E-state index >= 15 is 0 Å². The highest BCUT2D eigenvalue weighted by Gasteiger charge is 2.11. The first-order valence-electron chi connectivity index (χ1n) is 7.96. The minimum atomic E-state index is -0.609. The van der Waals surface area contributed by atoms with Crippen molar-refractivity contribution in [2.45, 2.75) is 26.3 Å². The Bertz CT molecular complexity index is 749. The summed E-state index contributed by atoms with van der Waals surface area (Å²) >= 11 is 3.17. The molecule has 2 rings (SSSR count). The molecule has 0 aliphatic heterocycles. The van der Waals surface area contributed by atoms with Crippen molar-refractivity contribution in [2.75, 3.05) is 6.61 Å². The van der Waals surface area contributed by atoms with Gasteiger partial charge in [0.2, 0.25) is 0 Å². The molecule has 6 heteroatoms. The van der Waals surface area contributed by atoms with Crippen LogP contribution in [0.2, 0.25) is 0 Å². The van der Waals surface area contributed by atoms with Gasteiger partial charge in [0.25, 0.3) is 5.91 Å². The Labute approximate surface area is 155 Å². The third-order valence-electron chi connectivity index (χ3n) is 3.59. The number of esters is 1. The normalized spacial score (nSPS) is 12.1. The molecular formula is C19H20BrNO4. The maximum atomic E-state index is 11.9. The summed E-state index contributed by atoms with van der Waals surface area (Å²) in [6.45, 7) is 3.64. The van der Waals surface area contributed by atoms with E-state index in [2.05, 4.69) is 28.2 Å². The SMILES string of the molecule is CCc1ccc(C(C)NC(=O)COC(=O)/C=C/c2ccc(Br)o2)cc1. The average Bonchev–Trinajstić information content (AvgIpc) is 3.03. The van der Waals surface area contributed by atoms with Gasteiger partial charge in [-0.1, -0.05) is 31.2 Å². The lowest BCUT2D eigenvalue weighted by atomic mass is 10.1. The van der Waals surface area contributed by atoms with E-state index in [0.717, 1.165) is 12.0 Å². The molecule has 0 bridgehead atoms. The predicted octanol–water partition coefficient (Wildman–Crippen LogP) is 4.04. The van der Waals surface area contributed by atoms with Gasteiger partial charge in [0.05, 0.1) is 6.04 Å². The Morgan fingerprint density at radius 3 is 2.56 bits per heavy atom. The Morgan fingerprint density at radius 2 is 1.96 bits per heavy atom. The lowest BCUT2D eigenvalue weighted by Crippen LogP contribution is -2.30. The standard InChI is InChI=1S/C19H20BrNO4/c1-3-14-4-6-15(7-5-14)13(2)21-18(22)12-24-19(23)11-9-16-8-10-17(20)25-16/h4-11,13H,3,12H2,1-2H3,(H,21,22)/b11-9+. The number of amides is 1. The van der Waals surface area contributed by atoms with Crippen molar-refractivity contribution in [3.8, 4) is 0 Å². The van der Waals surface area contributed by atoms with Crippen LogP contribution in [0.1, 0.15) is 36.8 Å². The van der Waals surface area contributed by atoms with Crippen LogP contribution < -0.4 is 5.32 Å². The number of ether oxygens (including phenoxy) is 1. The Balaban J connectivity index is 1.77. The number of rotatable bonds is 7. The smallest absolute Gasteiger partial charge is 0.331 e. The Hall–Kier alpha value is -2.34. The van der Waals surface area contributed by atoms with Crippen LogP contribution in [0.5, 0.6) is 0 Å². The molecule has 25 heavy (non-hydrogen) atoms. The van der Waals surface area contributed by atoms with E-state index in [1.165, 1.54) is 17.7 Å². The Kier molecular flexibility index (Phi) is 7.01. The molecule has 1 amide bonds. The van der Waals surface area contributed by atoms with E-state index in [4.69, 9.17) is 9.15 Å². The fourth-order valence-electron chi connectivity index (χ4n) is 2.16. The Morgan fingerprint density at radius 1 is 1.24 bits per heavy atom. The van der Waals surface area contributed by atoms with Crippen molar-refractivity contribution < 1.29 is 18.7 Å². The largest absolute Gasteiger partial charge is 0.452 e. The summed E-state index contributed by atoms with van der Waals surface area (Å²) in [5.74, 6) is -0.449. The van der Waals surface area contributed by atoms with Crippen molar-refractivity contribution in [2.24, 2.45) is 0 Å². The van der Waals surface area contributed by atoms with E-state index in [1.54, 1.807) is 12.1 Å². The van der Waals surface area contributed by atoms with E-state index in [9.17, 15) is 9.59 Å². The van der Waals surface area contributed by atoms with Gasteiger partial charge in [0.15, 0.2) is 11.3 Å². The summed E-state index contributed by atoms with van der Waals surface area (Å²) in [4.78, 5) is 23.5. The second kappa shape index (κ2) is 9.22. The molecule has 0 aliphatic rings. The number of furan rings is 1. The zero-order valence-electron chi connectivity index (χ0n) is 14.1. The van der Waals surface area contributed by atoms with Crippen molar-refractivity contribution in [1.29, 1.82) is 0 Å². The van der Waals surface area contributed by atoms with Crippen LogP contribution in [0.25, 0.3) is 6.08 Å². The van der Waals surface area contributed by atoms with Gasteiger partial charge in [-0.15, -0.1) is 0 Å². The topological polar surface area (TPSA) is 68.5 Å². The number of benzene rings is 1. The molecule has 0 saturated heterocycles. The molecule has 0 fully saturated rings. The number of carbonyl (C=O) groups excluding carboxylic acids is 2. The van der Waals surface area contributed by atoms with Gasteiger partial charge < -0.3 is 14.5 Å². The number of hydrogen-bond acceptors (Lipinski definition) is 4. The summed E-state index contributed by atoms with van der Waals surface area (Å²) in [5, 5.41) is 2.80. The molecule has 0 radical (unpaired) electrons. The number of carbonyl (C=O) groups is 2. The molecule has 1 atom stereocenters. The number of nitrogens with one attached hydrogen (secondary N) is 1. The van der Waals surface area contributed by atoms with E-state index in [-0.39, 0.29) is 18.6 Å². The lowest BCUT2D eigenvalue weighted by Gasteiger charge is -2.14. The highest BCUT2D eigenvalue weighted by atomic mass is 79.9. The molecule has 132 valence electrons. The van der Waals surface area contributed by atoms with Gasteiger partial charge >= 0.3 is 5.97 Å². The predicted molar refractivity (Wildman–Crippen MR) is 98.8 cm³/mol. The molecular weight excluding hydrogens is 386 g/mol. The maximum absolute atomic E-state index is 11.9. The molecule has 1 heterocycles. The van der Waals surface area contributed by atoms with Gasteiger partial charge in [-0.2, -0.15) is 0 Å². The van der Waals surface area contributed by atoms with Gasteiger partial charge in [-0.05, 0) is 58.6 Å². The second-order valence-electron chi connectivity index (χ2n) is 5.47. The molecule has 0 aliphatic carbocycles. The second-order valence-corrected chi connectivity index (χ2v) is 6.25. The van der Waals surface area contributed by atoms with Crippen LogP contribution in [0.4, 0.5) is 0 Å². The number of halogens is 1. The average molecular weight is 406 g/mol. The highest BCUT2D eigenvalue weighted by molar-refractivity contribution is 9.10. The minimum absolute atomic E-state index is 0.159. The van der Waals surface area contributed by atoms with Crippen LogP contribution in [-0.4, -0.2) is 18.5 Å². The van der Waals surface area contributed by atoms with Gasteiger partial charge in [-0.3, -0.25) is 4.79 Å². The molecule has 1 aromatic heterocycles. The quantitative estimate of drug-likeness (QED) is 0.557. The number of aryl methyl sites for hydroxylation is 1. The maximum Gasteiger partial charge on any atom is 0.331 e. The summed E-state index contributed by atoms with van der Waals surface area (Å²) in [6.07, 6.45) is 3.66. The number of hydrogen-bond donors (Lipinski definition) is 1. The fraction of sp³-hybridized carbons (Fsp3) is 0.263. The molecule has 2 aromatic rings. The van der Waals surface area contributed by atoms with Crippen molar-refractivity contribution in [1.82, 2.24) is 5.32 Å². The van der Waals surface area contributed by atoms with E-state index < -0.39 is 5.97 Å². The van der Waals surface area contributed by atoms with Crippen molar-refractivity contribution >= 4 is 33.9 Å². The third kappa shape index (κ3) is 6.23. The zero-order valence-corrected chi connectivity index (χ0v) is 15.7. The summed E-state index contributed by atoms with van der Waals surface area (Å²) in [5.41, 5.74) is 2.24. The lowest BCUT2D eigenvalue weighted by molar-refractivity contribution is -0.144. The zero-order chi connectivity index (χ0) is 18.2. The molecule has 5 nitrogen and oxygen atoms in total. The van der Waals surface area contributed by atoms with Crippen LogP contribution in [0.3, 0.4) is 0 Å². The fourth-order valence-corrected chi connectivity index (χ4v) is 2.48. The van der Waals surface area contributed by atoms with Gasteiger partial charge in [-0.25, -0.2) is 4.79 Å². The highest BCUT2D eigenvalue weighted by Crippen LogP contribution is 2.15. The molecule has 0 spiro atoms. The van der Waals surface area contributed by atoms with Crippen LogP contribution in [0, 0.1) is 0 Å². The van der Waals surface area contributed by atoms with Crippen molar-refractivity contribution in [3.63, 3.8) is 0 Å². The molecule has 1 aromatic carbocycles. The van der Waals surface area contributed by atoms with Gasteiger partial charge in [0.1, 0.15) is 5.76 Å². The van der Waals surface area contributed by atoms with E-state index in [1.807, 2.05) is 31.2 Å². The molecule has 1 N–H and O–H groups in total. The first-order valence-corrected chi connectivity index (χ1v) is 8.75. The summed E-state index contributed by atoms with van der Waals surface area (Å²) in [6, 6.07) is 11.3. The van der Waals surface area contributed by atoms with Crippen LogP contribution >= 0.6 is 15.9 Å². The molecule has 0 saturated carbocycles. The van der Waals surface area contributed by atoms with Crippen LogP contribution in [0.15, 0.2) is 51.6 Å². The van der Waals surface area contributed by atoms with E-state index in [0.29, 0.717) is 10.4 Å². The summed E-state index contributed by atoms with van der Waals surface area (Å²) < 4.78 is 10.7. The first kappa shape index (κ1) is 19.0. The monoisotopic (exact) mass is 405 g/mol. The molecule has 1 unspecified atom stereocenters. The summed E-state index contributed by atoms with van der Waals surface area (Å²) in [7, 11) is 0. The minimum Gasteiger partial charge on any atom is -0.452 e. The third-order valence-corrected chi connectivity index (χ3v) is 4.01. The van der Waals surface area contributed by atoms with Crippen LogP contribution in [-0.2, 0) is 20.7 Å². The first-order chi connectivity index (χ1) is 12.0. The van der Waals surface area contributed by atoms with Gasteiger partial charge in [0, 0.05) is 6.08 Å². The van der Waals surface area contributed by atoms with Crippen molar-refractivity contribution in [3.05, 3.63) is 64.0 Å².